The van der Waals surface area contributed by atoms with Crippen molar-refractivity contribution in [3.8, 4) is 5.75 Å². The molecule has 4 nitrogen and oxygen atoms in total. The number of hydrogen-bond donors (Lipinski definition) is 2. The molecular weight excluding hydrogens is 366 g/mol. The van der Waals surface area contributed by atoms with Crippen LogP contribution < -0.4 is 15.4 Å². The van der Waals surface area contributed by atoms with Crippen molar-refractivity contribution in [3.63, 3.8) is 0 Å². The molecule has 0 atom stereocenters. The van der Waals surface area contributed by atoms with Gasteiger partial charge in [0.05, 0.1) is 0 Å². The molecule has 0 aliphatic heterocycles. The van der Waals surface area contributed by atoms with E-state index in [9.17, 15) is 0 Å². The smallest absolute Gasteiger partial charge is 0.176 e. The molecule has 0 saturated heterocycles. The predicted molar refractivity (Wildman–Crippen MR) is 119 cm³/mol. The van der Waals surface area contributed by atoms with E-state index in [2.05, 4.69) is 33.8 Å². The number of nitrogens with one attached hydrogen (secondary N) is 2. The molecular formula is C23H19N3OS. The first-order valence-corrected chi connectivity index (χ1v) is 9.38. The van der Waals surface area contributed by atoms with Crippen molar-refractivity contribution in [2.24, 2.45) is 0 Å². The van der Waals surface area contributed by atoms with Gasteiger partial charge in [0.2, 0.25) is 0 Å². The van der Waals surface area contributed by atoms with Gasteiger partial charge < -0.3 is 15.4 Å². The summed E-state index contributed by atoms with van der Waals surface area (Å²) in [6.45, 7) is 0.463. The van der Waals surface area contributed by atoms with Gasteiger partial charge in [-0.2, -0.15) is 0 Å². The molecule has 0 aliphatic rings. The largest absolute Gasteiger partial charge is 0.485 e. The maximum absolute atomic E-state index is 5.93. The zero-order valence-corrected chi connectivity index (χ0v) is 15.9. The van der Waals surface area contributed by atoms with Gasteiger partial charge in [-0.25, -0.2) is 4.98 Å². The Labute approximate surface area is 169 Å². The first-order valence-electron chi connectivity index (χ1n) is 8.97. The highest BCUT2D eigenvalue weighted by Gasteiger charge is 2.08. The Morgan fingerprint density at radius 3 is 2.50 bits per heavy atom. The maximum atomic E-state index is 5.93. The molecule has 0 radical (unpaired) electrons. The Morgan fingerprint density at radius 1 is 0.821 bits per heavy atom. The summed E-state index contributed by atoms with van der Waals surface area (Å²) in [4.78, 5) is 4.37. The molecule has 0 spiro atoms. The molecule has 0 amide bonds. The lowest BCUT2D eigenvalue weighted by Gasteiger charge is -2.15. The quantitative estimate of drug-likeness (QED) is 0.437. The van der Waals surface area contributed by atoms with Crippen molar-refractivity contribution in [1.82, 2.24) is 4.98 Å². The fourth-order valence-corrected chi connectivity index (χ4v) is 3.14. The van der Waals surface area contributed by atoms with Crippen molar-refractivity contribution in [2.75, 3.05) is 10.6 Å². The van der Waals surface area contributed by atoms with Gasteiger partial charge in [0.15, 0.2) is 16.7 Å². The van der Waals surface area contributed by atoms with Gasteiger partial charge >= 0.3 is 0 Å². The Bertz CT molecular complexity index is 1090. The van der Waals surface area contributed by atoms with E-state index in [-0.39, 0.29) is 0 Å². The first kappa shape index (κ1) is 17.9. The Morgan fingerprint density at radius 2 is 1.61 bits per heavy atom. The molecule has 28 heavy (non-hydrogen) atoms. The second-order valence-corrected chi connectivity index (χ2v) is 6.64. The SMILES string of the molecule is S=C(Nc1ncccc1OCc1ccccc1)Nc1cccc2ccccc12. The molecule has 0 fully saturated rings. The highest BCUT2D eigenvalue weighted by atomic mass is 32.1. The summed E-state index contributed by atoms with van der Waals surface area (Å²) in [6, 6.07) is 28.0. The molecule has 4 rings (SSSR count). The summed E-state index contributed by atoms with van der Waals surface area (Å²) in [5.41, 5.74) is 2.03. The van der Waals surface area contributed by atoms with Crippen LogP contribution in [0.5, 0.6) is 5.75 Å². The second kappa shape index (κ2) is 8.50. The topological polar surface area (TPSA) is 46.2 Å². The van der Waals surface area contributed by atoms with Crippen LogP contribution in [0.15, 0.2) is 91.1 Å². The number of hydrogen-bond acceptors (Lipinski definition) is 3. The summed E-state index contributed by atoms with van der Waals surface area (Å²) >= 11 is 5.50. The molecule has 138 valence electrons. The van der Waals surface area contributed by atoms with E-state index >= 15 is 0 Å². The lowest BCUT2D eigenvalue weighted by atomic mass is 10.1. The van der Waals surface area contributed by atoms with Crippen LogP contribution in [0.1, 0.15) is 5.56 Å². The average molecular weight is 385 g/mol. The molecule has 0 unspecified atom stereocenters. The van der Waals surface area contributed by atoms with Crippen molar-refractivity contribution in [1.29, 1.82) is 0 Å². The van der Waals surface area contributed by atoms with E-state index in [1.54, 1.807) is 6.20 Å². The van der Waals surface area contributed by atoms with Crippen molar-refractivity contribution in [3.05, 3.63) is 96.7 Å². The van der Waals surface area contributed by atoms with Crippen molar-refractivity contribution >= 4 is 39.6 Å². The van der Waals surface area contributed by atoms with E-state index in [1.807, 2.05) is 66.7 Å². The molecule has 0 bridgehead atoms. The van der Waals surface area contributed by atoms with Gasteiger partial charge in [-0.05, 0) is 41.4 Å². The monoisotopic (exact) mass is 385 g/mol. The second-order valence-electron chi connectivity index (χ2n) is 6.23. The van der Waals surface area contributed by atoms with Crippen LogP contribution in [0, 0.1) is 0 Å². The van der Waals surface area contributed by atoms with Gasteiger partial charge in [-0.3, -0.25) is 0 Å². The summed E-state index contributed by atoms with van der Waals surface area (Å²) in [5, 5.41) is 9.12. The van der Waals surface area contributed by atoms with Crippen molar-refractivity contribution in [2.45, 2.75) is 6.61 Å². The van der Waals surface area contributed by atoms with Crippen LogP contribution in [-0.2, 0) is 6.61 Å². The van der Waals surface area contributed by atoms with Crippen LogP contribution in [0.25, 0.3) is 10.8 Å². The third-order valence-electron chi connectivity index (χ3n) is 4.28. The molecule has 5 heteroatoms. The van der Waals surface area contributed by atoms with Crippen LogP contribution >= 0.6 is 12.2 Å². The highest BCUT2D eigenvalue weighted by Crippen LogP contribution is 2.25. The third-order valence-corrected chi connectivity index (χ3v) is 4.48. The molecule has 1 aromatic heterocycles. The zero-order valence-electron chi connectivity index (χ0n) is 15.1. The minimum Gasteiger partial charge on any atom is -0.485 e. The van der Waals surface area contributed by atoms with Gasteiger partial charge in [-0.15, -0.1) is 0 Å². The molecule has 0 saturated carbocycles. The Kier molecular flexibility index (Phi) is 5.45. The number of fused-ring (bicyclic) bond motifs is 1. The molecule has 4 aromatic rings. The molecule has 1 heterocycles. The number of benzene rings is 3. The molecule has 0 aliphatic carbocycles. The van der Waals surface area contributed by atoms with Gasteiger partial charge in [0.25, 0.3) is 0 Å². The number of thiocarbonyl (C=S) groups is 1. The predicted octanol–water partition coefficient (Wildman–Crippen LogP) is 5.62. The van der Waals surface area contributed by atoms with Crippen LogP contribution in [0.4, 0.5) is 11.5 Å². The minimum atomic E-state index is 0.458. The number of anilines is 2. The zero-order chi connectivity index (χ0) is 19.2. The van der Waals surface area contributed by atoms with Crippen LogP contribution in [0.3, 0.4) is 0 Å². The van der Waals surface area contributed by atoms with E-state index < -0.39 is 0 Å². The first-order chi connectivity index (χ1) is 13.8. The fourth-order valence-electron chi connectivity index (χ4n) is 2.93. The van der Waals surface area contributed by atoms with E-state index in [1.165, 1.54) is 0 Å². The Balaban J connectivity index is 1.47. The minimum absolute atomic E-state index is 0.458. The number of pyridine rings is 1. The number of ether oxygens (including phenoxy) is 1. The van der Waals surface area contributed by atoms with E-state index in [0.29, 0.717) is 23.3 Å². The van der Waals surface area contributed by atoms with Gasteiger partial charge in [0.1, 0.15) is 6.61 Å². The standard InChI is InChI=1S/C23H19N3OS/c28-23(25-20-13-6-11-18-10-4-5-12-19(18)20)26-22-21(14-7-15-24-22)27-16-17-8-2-1-3-9-17/h1-15H,16H2,(H2,24,25,26,28). The van der Waals surface area contributed by atoms with Crippen molar-refractivity contribution < 1.29 is 4.74 Å². The molecule has 3 aromatic carbocycles. The highest BCUT2D eigenvalue weighted by molar-refractivity contribution is 7.80. The van der Waals surface area contributed by atoms with Gasteiger partial charge in [0, 0.05) is 17.3 Å². The summed E-state index contributed by atoms with van der Waals surface area (Å²) in [5.74, 6) is 1.23. The van der Waals surface area contributed by atoms with E-state index in [4.69, 9.17) is 17.0 Å². The van der Waals surface area contributed by atoms with Crippen LogP contribution in [0.2, 0.25) is 0 Å². The lowest BCUT2D eigenvalue weighted by molar-refractivity contribution is 0.307. The van der Waals surface area contributed by atoms with E-state index in [0.717, 1.165) is 22.0 Å². The number of rotatable bonds is 5. The number of nitrogens with zero attached hydrogens (tertiary/aromatic N) is 1. The Hall–Kier alpha value is -3.44. The lowest BCUT2D eigenvalue weighted by Crippen LogP contribution is -2.20. The summed E-state index contributed by atoms with van der Waals surface area (Å²) in [7, 11) is 0. The average Bonchev–Trinajstić information content (AvgIpc) is 2.74. The summed E-state index contributed by atoms with van der Waals surface area (Å²) in [6.07, 6.45) is 1.71. The molecule has 2 N–H and O–H groups in total. The number of aromatic nitrogens is 1. The summed E-state index contributed by atoms with van der Waals surface area (Å²) < 4.78 is 5.93. The third kappa shape index (κ3) is 4.27. The maximum Gasteiger partial charge on any atom is 0.176 e. The van der Waals surface area contributed by atoms with Gasteiger partial charge in [-0.1, -0.05) is 66.7 Å². The normalized spacial score (nSPS) is 10.4. The fraction of sp³-hybridized carbons (Fsp3) is 0.0435. The van der Waals surface area contributed by atoms with Crippen LogP contribution in [-0.4, -0.2) is 10.1 Å².